The summed E-state index contributed by atoms with van der Waals surface area (Å²) in [5.74, 6) is 0.858. The molecule has 7 aromatic carbocycles. The standard InChI is InChI=1S/C41H29N3O/c1-3-13-26(14-4-1)30-21-11-22-33-37-34(23-12-24-36(37)45-38(30)33)40-42-39(27-15-5-2-6-16-27)43-41(44-40)35-25-28-17-7-8-18-29(28)31-19-9-10-20-32(31)35/h1-25,40-41,44H,(H,42,43). The second kappa shape index (κ2) is 10.5. The molecule has 2 unspecified atom stereocenters. The largest absolute Gasteiger partial charge is 0.455 e. The van der Waals surface area contributed by atoms with Crippen LogP contribution < -0.4 is 10.6 Å². The van der Waals surface area contributed by atoms with Crippen molar-refractivity contribution in [2.45, 2.75) is 12.3 Å². The molecule has 8 aromatic rings. The Morgan fingerprint density at radius 3 is 2.02 bits per heavy atom. The van der Waals surface area contributed by atoms with Crippen molar-refractivity contribution in [2.24, 2.45) is 4.99 Å². The lowest BCUT2D eigenvalue weighted by atomic mass is 9.95. The van der Waals surface area contributed by atoms with Gasteiger partial charge in [-0.05, 0) is 44.8 Å². The van der Waals surface area contributed by atoms with Crippen molar-refractivity contribution in [3.05, 3.63) is 168 Å². The lowest BCUT2D eigenvalue weighted by molar-refractivity contribution is 0.413. The van der Waals surface area contributed by atoms with Crippen LogP contribution in [-0.2, 0) is 0 Å². The number of fused-ring (bicyclic) bond motifs is 6. The Bertz CT molecular complexity index is 2390. The molecule has 2 atom stereocenters. The number of amidine groups is 1. The summed E-state index contributed by atoms with van der Waals surface area (Å²) in [5.41, 5.74) is 7.32. The molecule has 0 bridgehead atoms. The fraction of sp³-hybridized carbons (Fsp3) is 0.0488. The molecule has 0 spiro atoms. The minimum absolute atomic E-state index is 0.224. The second-order valence-electron chi connectivity index (χ2n) is 11.6. The predicted molar refractivity (Wildman–Crippen MR) is 185 cm³/mol. The van der Waals surface area contributed by atoms with Crippen LogP contribution >= 0.6 is 0 Å². The van der Waals surface area contributed by atoms with E-state index in [0.29, 0.717) is 0 Å². The van der Waals surface area contributed by atoms with E-state index < -0.39 is 0 Å². The maximum Gasteiger partial charge on any atom is 0.143 e. The summed E-state index contributed by atoms with van der Waals surface area (Å²) >= 11 is 0. The van der Waals surface area contributed by atoms with Crippen molar-refractivity contribution in [3.8, 4) is 11.1 Å². The zero-order valence-electron chi connectivity index (χ0n) is 24.4. The molecule has 0 radical (unpaired) electrons. The third-order valence-corrected chi connectivity index (χ3v) is 8.96. The molecule has 1 aliphatic heterocycles. The molecule has 0 saturated carbocycles. The summed E-state index contributed by atoms with van der Waals surface area (Å²) in [6, 6.07) is 53.2. The average Bonchev–Trinajstić information content (AvgIpc) is 3.51. The molecule has 0 amide bonds. The highest BCUT2D eigenvalue weighted by Gasteiger charge is 2.29. The van der Waals surface area contributed by atoms with Crippen LogP contribution in [0.3, 0.4) is 0 Å². The first-order valence-electron chi connectivity index (χ1n) is 15.4. The fourth-order valence-electron chi connectivity index (χ4n) is 6.89. The number of aliphatic imine (C=N–C) groups is 1. The zero-order valence-corrected chi connectivity index (χ0v) is 24.4. The fourth-order valence-corrected chi connectivity index (χ4v) is 6.89. The molecule has 9 rings (SSSR count). The number of hydrogen-bond acceptors (Lipinski definition) is 4. The summed E-state index contributed by atoms with van der Waals surface area (Å²) in [4.78, 5) is 5.31. The van der Waals surface area contributed by atoms with Gasteiger partial charge >= 0.3 is 0 Å². The van der Waals surface area contributed by atoms with Crippen LogP contribution in [0.5, 0.6) is 0 Å². The van der Waals surface area contributed by atoms with Crippen LogP contribution in [0.15, 0.2) is 161 Å². The Morgan fingerprint density at radius 2 is 1.20 bits per heavy atom. The van der Waals surface area contributed by atoms with Crippen LogP contribution in [0.2, 0.25) is 0 Å². The summed E-state index contributed by atoms with van der Waals surface area (Å²) in [7, 11) is 0. The monoisotopic (exact) mass is 579 g/mol. The first kappa shape index (κ1) is 25.8. The van der Waals surface area contributed by atoms with Gasteiger partial charge in [-0.1, -0.05) is 140 Å². The van der Waals surface area contributed by atoms with Gasteiger partial charge in [0.05, 0.1) is 0 Å². The normalized spacial score (nSPS) is 16.7. The van der Waals surface area contributed by atoms with E-state index in [2.05, 4.69) is 150 Å². The van der Waals surface area contributed by atoms with Crippen LogP contribution in [-0.4, -0.2) is 5.84 Å². The SMILES string of the molecule is c1ccc(C2=NC(c3cc4ccccc4c4ccccc34)NC(c3cccc4oc5c(-c6ccccc6)cccc5c34)N2)cc1. The van der Waals surface area contributed by atoms with E-state index in [0.717, 1.165) is 55.6 Å². The third kappa shape index (κ3) is 4.30. The number of rotatable bonds is 4. The van der Waals surface area contributed by atoms with Crippen molar-refractivity contribution >= 4 is 49.3 Å². The average molecular weight is 580 g/mol. The van der Waals surface area contributed by atoms with E-state index in [1.165, 1.54) is 21.5 Å². The van der Waals surface area contributed by atoms with E-state index in [1.807, 2.05) is 12.1 Å². The number of nitrogens with one attached hydrogen (secondary N) is 2. The molecule has 1 aliphatic rings. The number of para-hydroxylation sites is 1. The van der Waals surface area contributed by atoms with Crippen LogP contribution in [0.4, 0.5) is 0 Å². The molecular weight excluding hydrogens is 550 g/mol. The minimum atomic E-state index is -0.283. The maximum atomic E-state index is 6.61. The minimum Gasteiger partial charge on any atom is -0.455 e. The lowest BCUT2D eigenvalue weighted by Crippen LogP contribution is -2.45. The Labute approximate surface area is 260 Å². The van der Waals surface area contributed by atoms with Crippen molar-refractivity contribution in [1.29, 1.82) is 0 Å². The summed E-state index contributed by atoms with van der Waals surface area (Å²) in [6.07, 6.45) is -0.507. The summed E-state index contributed by atoms with van der Waals surface area (Å²) in [6.45, 7) is 0. The Hall–Kier alpha value is -5.71. The molecule has 4 nitrogen and oxygen atoms in total. The highest BCUT2D eigenvalue weighted by molar-refractivity contribution is 6.12. The van der Waals surface area contributed by atoms with E-state index in [9.17, 15) is 0 Å². The first-order chi connectivity index (χ1) is 22.3. The Kier molecular flexibility index (Phi) is 6.00. The van der Waals surface area contributed by atoms with Crippen molar-refractivity contribution in [1.82, 2.24) is 10.6 Å². The number of benzene rings is 7. The number of nitrogens with zero attached hydrogens (tertiary/aromatic N) is 1. The van der Waals surface area contributed by atoms with Gasteiger partial charge in [0.2, 0.25) is 0 Å². The van der Waals surface area contributed by atoms with Crippen molar-refractivity contribution in [3.63, 3.8) is 0 Å². The van der Waals surface area contributed by atoms with Crippen molar-refractivity contribution in [2.75, 3.05) is 0 Å². The van der Waals surface area contributed by atoms with E-state index in [1.54, 1.807) is 0 Å². The van der Waals surface area contributed by atoms with E-state index in [-0.39, 0.29) is 12.3 Å². The number of hydrogen-bond donors (Lipinski definition) is 2. The van der Waals surface area contributed by atoms with Crippen LogP contribution in [0.25, 0.3) is 54.6 Å². The first-order valence-corrected chi connectivity index (χ1v) is 15.4. The van der Waals surface area contributed by atoms with E-state index >= 15 is 0 Å². The highest BCUT2D eigenvalue weighted by atomic mass is 16.3. The van der Waals surface area contributed by atoms with Gasteiger partial charge in [0.25, 0.3) is 0 Å². The second-order valence-corrected chi connectivity index (χ2v) is 11.6. The molecule has 2 heterocycles. The Balaban J connectivity index is 1.24. The Morgan fingerprint density at radius 1 is 0.533 bits per heavy atom. The predicted octanol–water partition coefficient (Wildman–Crippen LogP) is 9.90. The van der Waals surface area contributed by atoms with Gasteiger partial charge in [0, 0.05) is 27.5 Å². The molecule has 45 heavy (non-hydrogen) atoms. The highest BCUT2D eigenvalue weighted by Crippen LogP contribution is 2.40. The van der Waals surface area contributed by atoms with Crippen molar-refractivity contribution < 1.29 is 4.42 Å². The quantitative estimate of drug-likeness (QED) is 0.204. The van der Waals surface area contributed by atoms with Gasteiger partial charge in [-0.25, -0.2) is 4.99 Å². The van der Waals surface area contributed by atoms with Gasteiger partial charge in [0.15, 0.2) is 0 Å². The van der Waals surface area contributed by atoms with Crippen LogP contribution in [0, 0.1) is 0 Å². The van der Waals surface area contributed by atoms with Gasteiger partial charge in [-0.15, -0.1) is 0 Å². The molecule has 2 N–H and O–H groups in total. The summed E-state index contributed by atoms with van der Waals surface area (Å²) < 4.78 is 6.61. The molecule has 1 aromatic heterocycles. The van der Waals surface area contributed by atoms with Gasteiger partial charge in [0.1, 0.15) is 29.3 Å². The van der Waals surface area contributed by atoms with Gasteiger partial charge in [-0.3, -0.25) is 5.32 Å². The number of furan rings is 1. The molecule has 4 heteroatoms. The topological polar surface area (TPSA) is 49.6 Å². The lowest BCUT2D eigenvalue weighted by Gasteiger charge is -2.33. The van der Waals surface area contributed by atoms with E-state index in [4.69, 9.17) is 9.41 Å². The molecule has 214 valence electrons. The van der Waals surface area contributed by atoms with Gasteiger partial charge < -0.3 is 9.73 Å². The van der Waals surface area contributed by atoms with Gasteiger partial charge in [-0.2, -0.15) is 0 Å². The molecule has 0 aliphatic carbocycles. The van der Waals surface area contributed by atoms with Crippen LogP contribution in [0.1, 0.15) is 29.0 Å². The molecule has 0 saturated heterocycles. The third-order valence-electron chi connectivity index (χ3n) is 8.96. The molecule has 0 fully saturated rings. The zero-order chi connectivity index (χ0) is 29.7. The summed E-state index contributed by atoms with van der Waals surface area (Å²) in [5, 5.41) is 14.7. The maximum absolute atomic E-state index is 6.61. The smallest absolute Gasteiger partial charge is 0.143 e. The molecular formula is C41H29N3O.